The van der Waals surface area contributed by atoms with Crippen LogP contribution in [-0.4, -0.2) is 65.4 Å². The van der Waals surface area contributed by atoms with Crippen LogP contribution in [0.3, 0.4) is 0 Å². The molecule has 0 radical (unpaired) electrons. The van der Waals surface area contributed by atoms with Gasteiger partial charge >= 0.3 is 12.0 Å². The second-order valence-electron chi connectivity index (χ2n) is 4.98. The molecule has 2 N–H and O–H groups in total. The number of hydrogen-bond donors (Lipinski definition) is 2. The summed E-state index contributed by atoms with van der Waals surface area (Å²) >= 11 is 1.57. The third kappa shape index (κ3) is 4.86. The molecule has 1 heterocycles. The highest BCUT2D eigenvalue weighted by Crippen LogP contribution is 2.15. The average Bonchev–Trinajstić information content (AvgIpc) is 2.42. The lowest BCUT2D eigenvalue weighted by atomic mass is 10.1. The van der Waals surface area contributed by atoms with Crippen LogP contribution >= 0.6 is 11.8 Å². The molecule has 1 saturated heterocycles. The molecule has 7 heteroatoms. The molecule has 1 aliphatic rings. The van der Waals surface area contributed by atoms with Gasteiger partial charge in [-0.2, -0.15) is 11.8 Å². The molecular formula is C13H24N2O4S. The molecule has 0 bridgehead atoms. The third-order valence-corrected chi connectivity index (χ3v) is 4.05. The number of hydrogen-bond acceptors (Lipinski definition) is 4. The molecule has 20 heavy (non-hydrogen) atoms. The molecule has 0 spiro atoms. The molecule has 0 saturated carbocycles. The lowest BCUT2D eigenvalue weighted by Gasteiger charge is -2.38. The van der Waals surface area contributed by atoms with Gasteiger partial charge in [0.15, 0.2) is 0 Å². The van der Waals surface area contributed by atoms with Gasteiger partial charge in [0.05, 0.1) is 18.8 Å². The Morgan fingerprint density at radius 2 is 2.25 bits per heavy atom. The normalized spacial score (nSPS) is 24.2. The first-order chi connectivity index (χ1) is 9.49. The number of carbonyl (C=O) groups is 2. The lowest BCUT2D eigenvalue weighted by molar-refractivity contribution is -0.139. The maximum Gasteiger partial charge on any atom is 0.326 e. The number of nitrogens with one attached hydrogen (secondary N) is 1. The van der Waals surface area contributed by atoms with Crippen LogP contribution in [0, 0.1) is 0 Å². The SMILES string of the molecule is CCC1COC(C)CN1C(=O)N[C@H](CCSC)C(=O)O. The predicted molar refractivity (Wildman–Crippen MR) is 79.2 cm³/mol. The first kappa shape index (κ1) is 17.1. The maximum atomic E-state index is 12.3. The number of urea groups is 1. The first-order valence-electron chi connectivity index (χ1n) is 6.90. The van der Waals surface area contributed by atoms with Gasteiger partial charge in [-0.15, -0.1) is 0 Å². The van der Waals surface area contributed by atoms with Gasteiger partial charge in [0, 0.05) is 6.54 Å². The number of nitrogens with zero attached hydrogens (tertiary/aromatic N) is 1. The van der Waals surface area contributed by atoms with Gasteiger partial charge in [-0.1, -0.05) is 6.92 Å². The molecule has 6 nitrogen and oxygen atoms in total. The van der Waals surface area contributed by atoms with Crippen LogP contribution < -0.4 is 5.32 Å². The predicted octanol–water partition coefficient (Wildman–Crippen LogP) is 1.40. The number of carbonyl (C=O) groups excluding carboxylic acids is 1. The molecule has 0 aliphatic carbocycles. The van der Waals surface area contributed by atoms with Crippen molar-refractivity contribution in [3.8, 4) is 0 Å². The van der Waals surface area contributed by atoms with Gasteiger partial charge in [0.1, 0.15) is 6.04 Å². The zero-order valence-corrected chi connectivity index (χ0v) is 13.1. The van der Waals surface area contributed by atoms with Gasteiger partial charge in [-0.25, -0.2) is 9.59 Å². The van der Waals surface area contributed by atoms with E-state index < -0.39 is 12.0 Å². The molecule has 116 valence electrons. The van der Waals surface area contributed by atoms with E-state index in [0.717, 1.165) is 6.42 Å². The van der Waals surface area contributed by atoms with Crippen molar-refractivity contribution in [1.82, 2.24) is 10.2 Å². The van der Waals surface area contributed by atoms with E-state index in [0.29, 0.717) is 25.3 Å². The summed E-state index contributed by atoms with van der Waals surface area (Å²) in [6, 6.07) is -1.12. The number of morpholine rings is 1. The molecule has 1 aliphatic heterocycles. The lowest BCUT2D eigenvalue weighted by Crippen LogP contribution is -2.57. The zero-order chi connectivity index (χ0) is 15.1. The van der Waals surface area contributed by atoms with E-state index in [1.54, 1.807) is 16.7 Å². The third-order valence-electron chi connectivity index (χ3n) is 3.41. The number of thioether (sulfide) groups is 1. The fourth-order valence-electron chi connectivity index (χ4n) is 2.16. The standard InChI is InChI=1S/C13H24N2O4S/c1-4-10-8-19-9(2)7-15(10)13(18)14-11(12(16)17)5-6-20-3/h9-11H,4-8H2,1-3H3,(H,14,18)(H,16,17)/t9?,10?,11-/m1/s1. The quantitative estimate of drug-likeness (QED) is 0.775. The van der Waals surface area contributed by atoms with Crippen molar-refractivity contribution >= 4 is 23.8 Å². The summed E-state index contributed by atoms with van der Waals surface area (Å²) in [6.07, 6.45) is 3.12. The van der Waals surface area contributed by atoms with Crippen LogP contribution in [0.1, 0.15) is 26.7 Å². The summed E-state index contributed by atoms with van der Waals surface area (Å²) in [5.41, 5.74) is 0. The van der Waals surface area contributed by atoms with Crippen LogP contribution in [0.15, 0.2) is 0 Å². The summed E-state index contributed by atoms with van der Waals surface area (Å²) in [5.74, 6) is -0.282. The van der Waals surface area contributed by atoms with Crippen molar-refractivity contribution in [3.05, 3.63) is 0 Å². The summed E-state index contributed by atoms with van der Waals surface area (Å²) in [4.78, 5) is 25.1. The molecule has 0 aromatic heterocycles. The van der Waals surface area contributed by atoms with Gasteiger partial charge in [-0.05, 0) is 31.8 Å². The molecule has 2 unspecified atom stereocenters. The number of carboxylic acid groups (broad SMARTS) is 1. The van der Waals surface area contributed by atoms with Crippen LogP contribution in [-0.2, 0) is 9.53 Å². The van der Waals surface area contributed by atoms with Crippen molar-refractivity contribution < 1.29 is 19.4 Å². The highest BCUT2D eigenvalue weighted by atomic mass is 32.2. The largest absolute Gasteiger partial charge is 0.480 e. The van der Waals surface area contributed by atoms with Crippen LogP contribution in [0.4, 0.5) is 4.79 Å². The Labute approximate surface area is 124 Å². The molecular weight excluding hydrogens is 280 g/mol. The summed E-state index contributed by atoms with van der Waals surface area (Å²) in [6.45, 7) is 4.91. The highest BCUT2D eigenvalue weighted by Gasteiger charge is 2.31. The minimum atomic E-state index is -0.984. The number of amides is 2. The van der Waals surface area contributed by atoms with Crippen LogP contribution in [0.2, 0.25) is 0 Å². The first-order valence-corrected chi connectivity index (χ1v) is 8.29. The Bertz CT molecular complexity index is 340. The fraction of sp³-hybridized carbons (Fsp3) is 0.846. The smallest absolute Gasteiger partial charge is 0.326 e. The summed E-state index contributed by atoms with van der Waals surface area (Å²) in [5, 5.41) is 11.8. The van der Waals surface area contributed by atoms with Gasteiger partial charge in [0.2, 0.25) is 0 Å². The maximum absolute atomic E-state index is 12.3. The Morgan fingerprint density at radius 3 is 2.80 bits per heavy atom. The van der Waals surface area contributed by atoms with E-state index in [1.165, 1.54) is 0 Å². The Hall–Kier alpha value is -0.950. The van der Waals surface area contributed by atoms with Crippen LogP contribution in [0.5, 0.6) is 0 Å². The molecule has 1 fully saturated rings. The zero-order valence-electron chi connectivity index (χ0n) is 12.3. The molecule has 0 aromatic carbocycles. The van der Waals surface area contributed by atoms with Crippen molar-refractivity contribution in [2.24, 2.45) is 0 Å². The van der Waals surface area contributed by atoms with Crippen LogP contribution in [0.25, 0.3) is 0 Å². The number of ether oxygens (including phenoxy) is 1. The molecule has 1 rings (SSSR count). The molecule has 2 amide bonds. The number of rotatable bonds is 6. The Morgan fingerprint density at radius 1 is 1.55 bits per heavy atom. The number of aliphatic carboxylic acids is 1. The van der Waals surface area contributed by atoms with Gasteiger partial charge < -0.3 is 20.1 Å². The van der Waals surface area contributed by atoms with Crippen molar-refractivity contribution in [1.29, 1.82) is 0 Å². The molecule has 3 atom stereocenters. The van der Waals surface area contributed by atoms with E-state index in [1.807, 2.05) is 20.1 Å². The van der Waals surface area contributed by atoms with E-state index in [-0.39, 0.29) is 18.2 Å². The highest BCUT2D eigenvalue weighted by molar-refractivity contribution is 7.98. The monoisotopic (exact) mass is 304 g/mol. The van der Waals surface area contributed by atoms with E-state index in [2.05, 4.69) is 5.32 Å². The van der Waals surface area contributed by atoms with Gasteiger partial charge in [0.25, 0.3) is 0 Å². The second kappa shape index (κ2) is 8.36. The number of carboxylic acids is 1. The van der Waals surface area contributed by atoms with E-state index in [9.17, 15) is 9.59 Å². The fourth-order valence-corrected chi connectivity index (χ4v) is 2.63. The van der Waals surface area contributed by atoms with Crippen molar-refractivity contribution in [3.63, 3.8) is 0 Å². The summed E-state index contributed by atoms with van der Waals surface area (Å²) in [7, 11) is 0. The minimum absolute atomic E-state index is 0.0150. The molecule has 0 aromatic rings. The van der Waals surface area contributed by atoms with Crippen molar-refractivity contribution in [2.45, 2.75) is 44.9 Å². The van der Waals surface area contributed by atoms with E-state index >= 15 is 0 Å². The summed E-state index contributed by atoms with van der Waals surface area (Å²) < 4.78 is 5.54. The van der Waals surface area contributed by atoms with Crippen molar-refractivity contribution in [2.75, 3.05) is 25.2 Å². The van der Waals surface area contributed by atoms with E-state index in [4.69, 9.17) is 9.84 Å². The minimum Gasteiger partial charge on any atom is -0.480 e. The average molecular weight is 304 g/mol. The Kier molecular flexibility index (Phi) is 7.15. The Balaban J connectivity index is 2.63. The topological polar surface area (TPSA) is 78.9 Å². The second-order valence-corrected chi connectivity index (χ2v) is 5.97. The van der Waals surface area contributed by atoms with Gasteiger partial charge in [-0.3, -0.25) is 0 Å².